The Morgan fingerprint density at radius 1 is 1.00 bits per heavy atom. The second kappa shape index (κ2) is 14.8. The summed E-state index contributed by atoms with van der Waals surface area (Å²) in [7, 11) is 1.25. The molecule has 0 saturated carbocycles. The van der Waals surface area contributed by atoms with Crippen molar-refractivity contribution >= 4 is 68.8 Å². The van der Waals surface area contributed by atoms with E-state index in [2.05, 4.69) is 25.3 Å². The first-order valence-corrected chi connectivity index (χ1v) is 15.4. The van der Waals surface area contributed by atoms with Crippen LogP contribution >= 0.6 is 11.6 Å². The minimum Gasteiger partial charge on any atom is -0.372 e. The topological polar surface area (TPSA) is 180 Å². The van der Waals surface area contributed by atoms with Gasteiger partial charge in [-0.2, -0.15) is 4.98 Å². The van der Waals surface area contributed by atoms with Crippen molar-refractivity contribution in [3.63, 3.8) is 0 Å². The van der Waals surface area contributed by atoms with E-state index in [1.807, 2.05) is 18.7 Å². The third kappa shape index (κ3) is 7.74. The zero-order valence-corrected chi connectivity index (χ0v) is 26.8. The standard InChI is InChI=1S/C30H31ClN8O6S/c1-5-38(6-2)21-13-15-23(25(17-21)32-18(3)40)33-26(28(41)34-24-16-19(36-46(44)45)12-14-22(24)31)27-35-29(42)37(4)30(43)39(27)20-10-8-7-9-11-20/h7-17,36H,5-6H2,1-4H3,(H,32,40)(H,34,41)(H,44,45). The van der Waals surface area contributed by atoms with Crippen molar-refractivity contribution in [1.82, 2.24) is 14.1 Å². The Balaban J connectivity index is 2.01. The van der Waals surface area contributed by atoms with Crippen molar-refractivity contribution in [3.05, 3.63) is 98.5 Å². The van der Waals surface area contributed by atoms with Gasteiger partial charge in [0, 0.05) is 32.7 Å². The minimum absolute atomic E-state index is 0.0197. The molecule has 14 nitrogen and oxygen atoms in total. The molecule has 4 aromatic rings. The maximum atomic E-state index is 14.1. The first-order valence-electron chi connectivity index (χ1n) is 13.9. The van der Waals surface area contributed by atoms with Gasteiger partial charge >= 0.3 is 11.4 Å². The van der Waals surface area contributed by atoms with Crippen molar-refractivity contribution in [3.8, 4) is 5.69 Å². The molecular formula is C30H31ClN8O6S. The van der Waals surface area contributed by atoms with E-state index in [0.717, 1.165) is 14.8 Å². The normalized spacial score (nSPS) is 11.9. The molecule has 46 heavy (non-hydrogen) atoms. The number of hydrogen-bond donors (Lipinski definition) is 4. The fourth-order valence-electron chi connectivity index (χ4n) is 4.49. The molecule has 4 N–H and O–H groups in total. The summed E-state index contributed by atoms with van der Waals surface area (Å²) in [5, 5.41) is 5.41. The number of rotatable bonds is 11. The lowest BCUT2D eigenvalue weighted by Crippen LogP contribution is -2.44. The van der Waals surface area contributed by atoms with E-state index >= 15 is 0 Å². The fourth-order valence-corrected chi connectivity index (χ4v) is 4.99. The van der Waals surface area contributed by atoms with Crippen LogP contribution in [0.1, 0.15) is 26.6 Å². The predicted molar refractivity (Wildman–Crippen MR) is 180 cm³/mol. The molecule has 3 aromatic carbocycles. The van der Waals surface area contributed by atoms with Gasteiger partial charge in [0.2, 0.25) is 5.91 Å². The number of aromatic nitrogens is 3. The van der Waals surface area contributed by atoms with E-state index in [1.165, 1.54) is 32.2 Å². The SMILES string of the molecule is CCN(CC)c1ccc(N=C(C(=O)Nc2cc(NS(=O)O)ccc2Cl)c2nc(=O)n(C)c(=O)n2-c2ccccc2)c(NC(C)=O)c1. The van der Waals surface area contributed by atoms with E-state index in [0.29, 0.717) is 18.8 Å². The lowest BCUT2D eigenvalue weighted by Gasteiger charge is -2.22. The number of carbonyl (C=O) groups is 2. The largest absolute Gasteiger partial charge is 0.372 e. The molecule has 2 amide bonds. The minimum atomic E-state index is -2.41. The van der Waals surface area contributed by atoms with Crippen LogP contribution < -0.4 is 31.6 Å². The third-order valence-corrected chi connectivity index (χ3v) is 7.43. The van der Waals surface area contributed by atoms with Gasteiger partial charge in [-0.25, -0.2) is 27.9 Å². The smallest absolute Gasteiger partial charge is 0.353 e. The van der Waals surface area contributed by atoms with Crippen LogP contribution in [0, 0.1) is 0 Å². The third-order valence-electron chi connectivity index (χ3n) is 6.69. The van der Waals surface area contributed by atoms with Gasteiger partial charge in [-0.15, -0.1) is 0 Å². The van der Waals surface area contributed by atoms with Crippen LogP contribution in [-0.4, -0.2) is 53.5 Å². The van der Waals surface area contributed by atoms with Gasteiger partial charge in [0.15, 0.2) is 11.5 Å². The highest BCUT2D eigenvalue weighted by Crippen LogP contribution is 2.32. The lowest BCUT2D eigenvalue weighted by atomic mass is 10.2. The highest BCUT2D eigenvalue weighted by atomic mass is 35.5. The van der Waals surface area contributed by atoms with Crippen LogP contribution in [0.3, 0.4) is 0 Å². The molecule has 0 radical (unpaired) electrons. The van der Waals surface area contributed by atoms with Crippen LogP contribution in [0.4, 0.5) is 28.4 Å². The Bertz CT molecular complexity index is 1960. The molecule has 1 aromatic heterocycles. The number of benzene rings is 3. The van der Waals surface area contributed by atoms with Crippen LogP contribution in [-0.2, 0) is 27.9 Å². The summed E-state index contributed by atoms with van der Waals surface area (Å²) in [6.07, 6.45) is 0. The molecule has 0 bridgehead atoms. The molecule has 0 aliphatic heterocycles. The Kier molecular flexibility index (Phi) is 10.8. The Hall–Kier alpha value is -5.12. The molecule has 0 spiro atoms. The summed E-state index contributed by atoms with van der Waals surface area (Å²) in [6, 6.07) is 17.4. The monoisotopic (exact) mass is 666 g/mol. The lowest BCUT2D eigenvalue weighted by molar-refractivity contribution is -0.114. The Labute approximate surface area is 271 Å². The number of amides is 2. The molecule has 0 aliphatic rings. The molecule has 0 fully saturated rings. The second-order valence-corrected chi connectivity index (χ2v) is 10.9. The van der Waals surface area contributed by atoms with Crippen molar-refractivity contribution in [2.24, 2.45) is 12.0 Å². The van der Waals surface area contributed by atoms with Crippen molar-refractivity contribution < 1.29 is 18.4 Å². The van der Waals surface area contributed by atoms with Crippen molar-refractivity contribution in [2.45, 2.75) is 20.8 Å². The van der Waals surface area contributed by atoms with Gasteiger partial charge in [0.05, 0.1) is 33.5 Å². The molecular weight excluding hydrogens is 636 g/mol. The van der Waals surface area contributed by atoms with Gasteiger partial charge in [-0.3, -0.25) is 18.9 Å². The summed E-state index contributed by atoms with van der Waals surface area (Å²) in [4.78, 5) is 63.4. The summed E-state index contributed by atoms with van der Waals surface area (Å²) >= 11 is 3.94. The van der Waals surface area contributed by atoms with Crippen LogP contribution in [0.5, 0.6) is 0 Å². The van der Waals surface area contributed by atoms with Gasteiger partial charge in [-0.05, 0) is 62.4 Å². The zero-order valence-electron chi connectivity index (χ0n) is 25.3. The molecule has 4 rings (SSSR count). The Morgan fingerprint density at radius 3 is 2.33 bits per heavy atom. The van der Waals surface area contributed by atoms with Gasteiger partial charge in [0.1, 0.15) is 0 Å². The first kappa shape index (κ1) is 33.8. The summed E-state index contributed by atoms with van der Waals surface area (Å²) in [5.41, 5.74) is -0.573. The Morgan fingerprint density at radius 2 is 1.70 bits per heavy atom. The van der Waals surface area contributed by atoms with Crippen molar-refractivity contribution in [1.29, 1.82) is 0 Å². The first-order chi connectivity index (χ1) is 21.9. The number of halogens is 1. The molecule has 1 heterocycles. The second-order valence-electron chi connectivity index (χ2n) is 9.75. The van der Waals surface area contributed by atoms with Gasteiger partial charge in [0.25, 0.3) is 17.2 Å². The number of nitrogens with one attached hydrogen (secondary N) is 3. The van der Waals surface area contributed by atoms with E-state index < -0.39 is 40.2 Å². The molecule has 16 heteroatoms. The van der Waals surface area contributed by atoms with E-state index in [4.69, 9.17) is 11.6 Å². The van der Waals surface area contributed by atoms with Crippen LogP contribution in [0.15, 0.2) is 81.3 Å². The van der Waals surface area contributed by atoms with Crippen LogP contribution in [0.2, 0.25) is 5.02 Å². The summed E-state index contributed by atoms with van der Waals surface area (Å²) in [5.74, 6) is -1.72. The quantitative estimate of drug-likeness (QED) is 0.138. The number of para-hydroxylation sites is 1. The zero-order chi connectivity index (χ0) is 33.5. The fraction of sp³-hybridized carbons (Fsp3) is 0.200. The van der Waals surface area contributed by atoms with Gasteiger partial charge < -0.3 is 15.5 Å². The average Bonchev–Trinajstić information content (AvgIpc) is 3.01. The average molecular weight is 667 g/mol. The number of carbonyl (C=O) groups excluding carboxylic acids is 2. The van der Waals surface area contributed by atoms with Gasteiger partial charge in [-0.1, -0.05) is 29.8 Å². The van der Waals surface area contributed by atoms with E-state index in [9.17, 15) is 27.9 Å². The van der Waals surface area contributed by atoms with Crippen molar-refractivity contribution in [2.75, 3.05) is 33.3 Å². The molecule has 0 aliphatic carbocycles. The van der Waals surface area contributed by atoms with E-state index in [-0.39, 0.29) is 33.6 Å². The maximum Gasteiger partial charge on any atom is 0.353 e. The molecule has 0 saturated heterocycles. The summed E-state index contributed by atoms with van der Waals surface area (Å²) in [6.45, 7) is 6.66. The highest BCUT2D eigenvalue weighted by molar-refractivity contribution is 7.80. The predicted octanol–water partition coefficient (Wildman–Crippen LogP) is 3.70. The highest BCUT2D eigenvalue weighted by Gasteiger charge is 2.25. The molecule has 1 unspecified atom stereocenters. The number of anilines is 4. The van der Waals surface area contributed by atoms with Crippen LogP contribution in [0.25, 0.3) is 5.69 Å². The summed E-state index contributed by atoms with van der Waals surface area (Å²) < 4.78 is 24.7. The van der Waals surface area contributed by atoms with E-state index in [1.54, 1.807) is 48.5 Å². The number of nitrogens with zero attached hydrogens (tertiary/aromatic N) is 5. The maximum absolute atomic E-state index is 14.1. The number of hydrogen-bond acceptors (Lipinski definition) is 8. The molecule has 240 valence electrons. The number of aliphatic imine (C=N–C) groups is 1. The molecule has 1 atom stereocenters.